The smallest absolute Gasteiger partial charge is 0.226 e. The first-order valence-electron chi connectivity index (χ1n) is 6.57. The topological polar surface area (TPSA) is 64.9 Å². The van der Waals surface area contributed by atoms with Crippen LogP contribution in [0.5, 0.6) is 0 Å². The molecule has 1 unspecified atom stereocenters. The molecule has 19 heavy (non-hydrogen) atoms. The van der Waals surface area contributed by atoms with Crippen LogP contribution in [-0.2, 0) is 12.8 Å². The fraction of sp³-hybridized carbons (Fsp3) is 0.571. The molecule has 0 aliphatic carbocycles. The standard InChI is InChI=1S/C14H21N3OS/c1-14(2,3)12(15)13-16-11(18-17-13)8-4-6-10-7-5-9-19-10/h5,7,9,12H,4,6,8,15H2,1-3H3. The lowest BCUT2D eigenvalue weighted by Gasteiger charge is -2.23. The zero-order valence-corrected chi connectivity index (χ0v) is 12.5. The van der Waals surface area contributed by atoms with Crippen LogP contribution >= 0.6 is 11.3 Å². The predicted molar refractivity (Wildman–Crippen MR) is 77.0 cm³/mol. The van der Waals surface area contributed by atoms with E-state index >= 15 is 0 Å². The molecule has 2 heterocycles. The second kappa shape index (κ2) is 5.84. The van der Waals surface area contributed by atoms with Crippen molar-refractivity contribution in [3.8, 4) is 0 Å². The third kappa shape index (κ3) is 3.88. The van der Waals surface area contributed by atoms with Gasteiger partial charge in [-0.05, 0) is 29.7 Å². The number of hydrogen-bond donors (Lipinski definition) is 1. The summed E-state index contributed by atoms with van der Waals surface area (Å²) in [5, 5.41) is 6.09. The fourth-order valence-corrected chi connectivity index (χ4v) is 2.50. The van der Waals surface area contributed by atoms with Crippen molar-refractivity contribution in [2.45, 2.75) is 46.1 Å². The molecular weight excluding hydrogens is 258 g/mol. The molecule has 104 valence electrons. The number of rotatable bonds is 5. The van der Waals surface area contributed by atoms with E-state index in [1.54, 1.807) is 11.3 Å². The second-order valence-electron chi connectivity index (χ2n) is 5.82. The van der Waals surface area contributed by atoms with Crippen LogP contribution in [0.25, 0.3) is 0 Å². The molecular formula is C14H21N3OS. The van der Waals surface area contributed by atoms with Crippen LogP contribution in [0, 0.1) is 5.41 Å². The normalized spacial score (nSPS) is 13.7. The molecule has 2 aromatic heterocycles. The summed E-state index contributed by atoms with van der Waals surface area (Å²) in [4.78, 5) is 5.79. The highest BCUT2D eigenvalue weighted by Gasteiger charge is 2.26. The van der Waals surface area contributed by atoms with Gasteiger partial charge in [0.2, 0.25) is 5.89 Å². The van der Waals surface area contributed by atoms with E-state index in [1.807, 2.05) is 0 Å². The highest BCUT2D eigenvalue weighted by atomic mass is 32.1. The molecule has 2 rings (SSSR count). The molecule has 0 aromatic carbocycles. The molecule has 0 bridgehead atoms. The van der Waals surface area contributed by atoms with Gasteiger partial charge in [0.25, 0.3) is 0 Å². The van der Waals surface area contributed by atoms with Crippen molar-refractivity contribution in [2.24, 2.45) is 11.1 Å². The minimum absolute atomic E-state index is 0.0574. The largest absolute Gasteiger partial charge is 0.339 e. The summed E-state index contributed by atoms with van der Waals surface area (Å²) in [7, 11) is 0. The Hall–Kier alpha value is -1.20. The van der Waals surface area contributed by atoms with E-state index in [0.717, 1.165) is 19.3 Å². The number of aromatic nitrogens is 2. The van der Waals surface area contributed by atoms with Gasteiger partial charge in [-0.15, -0.1) is 11.3 Å². The Balaban J connectivity index is 1.87. The minimum atomic E-state index is -0.192. The monoisotopic (exact) mass is 279 g/mol. The molecule has 4 nitrogen and oxygen atoms in total. The van der Waals surface area contributed by atoms with E-state index in [2.05, 4.69) is 48.4 Å². The van der Waals surface area contributed by atoms with Crippen molar-refractivity contribution in [3.63, 3.8) is 0 Å². The molecule has 0 fully saturated rings. The van der Waals surface area contributed by atoms with Gasteiger partial charge in [0, 0.05) is 11.3 Å². The molecule has 0 radical (unpaired) electrons. The van der Waals surface area contributed by atoms with Gasteiger partial charge in [0.05, 0.1) is 6.04 Å². The SMILES string of the molecule is CC(C)(C)C(N)c1noc(CCCc2cccs2)n1. The summed E-state index contributed by atoms with van der Waals surface area (Å²) in [6.45, 7) is 6.22. The summed E-state index contributed by atoms with van der Waals surface area (Å²) in [6, 6.07) is 4.04. The maximum absolute atomic E-state index is 6.11. The van der Waals surface area contributed by atoms with Crippen LogP contribution in [0.4, 0.5) is 0 Å². The van der Waals surface area contributed by atoms with Gasteiger partial charge in [-0.2, -0.15) is 4.98 Å². The van der Waals surface area contributed by atoms with Crippen molar-refractivity contribution in [1.82, 2.24) is 10.1 Å². The van der Waals surface area contributed by atoms with Crippen LogP contribution in [0.3, 0.4) is 0 Å². The Kier molecular flexibility index (Phi) is 4.37. The maximum atomic E-state index is 6.11. The third-order valence-corrected chi connectivity index (χ3v) is 4.03. The van der Waals surface area contributed by atoms with E-state index in [-0.39, 0.29) is 11.5 Å². The molecule has 0 amide bonds. The average molecular weight is 279 g/mol. The average Bonchev–Trinajstić information content (AvgIpc) is 2.97. The summed E-state index contributed by atoms with van der Waals surface area (Å²) >= 11 is 1.78. The van der Waals surface area contributed by atoms with Crippen molar-refractivity contribution < 1.29 is 4.52 Å². The molecule has 2 aromatic rings. The van der Waals surface area contributed by atoms with Gasteiger partial charge in [-0.3, -0.25) is 0 Å². The Morgan fingerprint density at radius 3 is 2.79 bits per heavy atom. The summed E-state index contributed by atoms with van der Waals surface area (Å²) < 4.78 is 5.26. The molecule has 2 N–H and O–H groups in total. The fourth-order valence-electron chi connectivity index (χ4n) is 1.75. The Bertz CT molecular complexity index is 499. The zero-order chi connectivity index (χ0) is 13.9. The Morgan fingerprint density at radius 2 is 2.16 bits per heavy atom. The van der Waals surface area contributed by atoms with Gasteiger partial charge in [0.1, 0.15) is 0 Å². The van der Waals surface area contributed by atoms with Crippen LogP contribution in [0.2, 0.25) is 0 Å². The van der Waals surface area contributed by atoms with Crippen molar-refractivity contribution >= 4 is 11.3 Å². The van der Waals surface area contributed by atoms with Gasteiger partial charge in [-0.25, -0.2) is 0 Å². The van der Waals surface area contributed by atoms with Gasteiger partial charge in [-0.1, -0.05) is 32.0 Å². The summed E-state index contributed by atoms with van der Waals surface area (Å²) in [5.41, 5.74) is 6.05. The summed E-state index contributed by atoms with van der Waals surface area (Å²) in [5.74, 6) is 1.30. The molecule has 0 saturated heterocycles. The second-order valence-corrected chi connectivity index (χ2v) is 6.86. The molecule has 0 saturated carbocycles. The first-order valence-corrected chi connectivity index (χ1v) is 7.45. The van der Waals surface area contributed by atoms with E-state index in [4.69, 9.17) is 10.3 Å². The quantitative estimate of drug-likeness (QED) is 0.911. The van der Waals surface area contributed by atoms with Gasteiger partial charge in [0.15, 0.2) is 5.82 Å². The summed E-state index contributed by atoms with van der Waals surface area (Å²) in [6.07, 6.45) is 2.88. The third-order valence-electron chi connectivity index (χ3n) is 3.09. The minimum Gasteiger partial charge on any atom is -0.339 e. The Morgan fingerprint density at radius 1 is 1.37 bits per heavy atom. The molecule has 0 spiro atoms. The zero-order valence-electron chi connectivity index (χ0n) is 11.7. The van der Waals surface area contributed by atoms with Gasteiger partial charge < -0.3 is 10.3 Å². The van der Waals surface area contributed by atoms with E-state index < -0.39 is 0 Å². The molecule has 0 aliphatic rings. The molecule has 0 aliphatic heterocycles. The maximum Gasteiger partial charge on any atom is 0.226 e. The van der Waals surface area contributed by atoms with Crippen LogP contribution in [0.1, 0.15) is 49.8 Å². The molecule has 5 heteroatoms. The lowest BCUT2D eigenvalue weighted by molar-refractivity contribution is 0.300. The van der Waals surface area contributed by atoms with E-state index in [9.17, 15) is 0 Å². The first kappa shape index (κ1) is 14.2. The van der Waals surface area contributed by atoms with Crippen LogP contribution in [0.15, 0.2) is 22.0 Å². The van der Waals surface area contributed by atoms with Gasteiger partial charge >= 0.3 is 0 Å². The van der Waals surface area contributed by atoms with E-state index in [0.29, 0.717) is 11.7 Å². The first-order chi connectivity index (χ1) is 8.97. The van der Waals surface area contributed by atoms with Crippen LogP contribution in [-0.4, -0.2) is 10.1 Å². The lowest BCUT2D eigenvalue weighted by atomic mass is 9.87. The molecule has 1 atom stereocenters. The van der Waals surface area contributed by atoms with Crippen LogP contribution < -0.4 is 5.73 Å². The number of aryl methyl sites for hydroxylation is 2. The van der Waals surface area contributed by atoms with E-state index in [1.165, 1.54) is 4.88 Å². The number of nitrogens with two attached hydrogens (primary N) is 1. The number of thiophene rings is 1. The number of nitrogens with zero attached hydrogens (tertiary/aromatic N) is 2. The van der Waals surface area contributed by atoms with Crippen molar-refractivity contribution in [3.05, 3.63) is 34.1 Å². The number of hydrogen-bond acceptors (Lipinski definition) is 5. The Labute approximate surface area is 118 Å². The predicted octanol–water partition coefficient (Wildman–Crippen LogP) is 3.35. The van der Waals surface area contributed by atoms with Crippen molar-refractivity contribution in [2.75, 3.05) is 0 Å². The highest BCUT2D eigenvalue weighted by Crippen LogP contribution is 2.28. The van der Waals surface area contributed by atoms with Crippen molar-refractivity contribution in [1.29, 1.82) is 0 Å². The lowest BCUT2D eigenvalue weighted by Crippen LogP contribution is -2.27. The highest BCUT2D eigenvalue weighted by molar-refractivity contribution is 7.09.